The van der Waals surface area contributed by atoms with Crippen LogP contribution >= 0.6 is 11.6 Å². The van der Waals surface area contributed by atoms with Crippen LogP contribution in [0, 0.1) is 11.8 Å². The van der Waals surface area contributed by atoms with Crippen molar-refractivity contribution in [1.29, 1.82) is 0 Å². The Bertz CT molecular complexity index is 1530. The zero-order chi connectivity index (χ0) is 26.2. The third-order valence-electron chi connectivity index (χ3n) is 7.94. The Morgan fingerprint density at radius 2 is 1.71 bits per heavy atom. The first kappa shape index (κ1) is 23.1. The van der Waals surface area contributed by atoms with E-state index in [1.165, 1.54) is 4.90 Å². The van der Waals surface area contributed by atoms with Gasteiger partial charge in [0.2, 0.25) is 24.5 Å². The molecule has 0 bridgehead atoms. The Morgan fingerprint density at radius 3 is 2.53 bits per heavy atom. The number of phenolic OH excluding ortho intramolecular Hbond substituents is 1. The maximum atomic E-state index is 14.0. The minimum Gasteiger partial charge on any atom is -0.508 e. The predicted octanol–water partition coefficient (Wildman–Crippen LogP) is 2.94. The fourth-order valence-electron chi connectivity index (χ4n) is 6.27. The van der Waals surface area contributed by atoms with Gasteiger partial charge in [-0.2, -0.15) is 0 Å². The van der Waals surface area contributed by atoms with Crippen molar-refractivity contribution in [3.63, 3.8) is 0 Å². The molecule has 0 radical (unpaired) electrons. The lowest BCUT2D eigenvalue weighted by atomic mass is 9.76. The molecule has 7 rings (SSSR count). The van der Waals surface area contributed by atoms with Crippen LogP contribution in [-0.2, 0) is 32.9 Å². The fourth-order valence-corrected chi connectivity index (χ4v) is 6.44. The predicted molar refractivity (Wildman–Crippen MR) is 136 cm³/mol. The summed E-state index contributed by atoms with van der Waals surface area (Å²) in [5, 5.41) is 16.4. The summed E-state index contributed by atoms with van der Waals surface area (Å²) in [6, 6.07) is 16.5. The molecule has 2 saturated heterocycles. The molecule has 2 fully saturated rings. The number of nitrogens with zero attached hydrogens (tertiary/aromatic N) is 1. The molecule has 9 nitrogen and oxygen atoms in total. The number of rotatable bonds is 4. The van der Waals surface area contributed by atoms with Gasteiger partial charge in [-0.3, -0.25) is 24.6 Å². The molecule has 4 aliphatic heterocycles. The molecule has 3 N–H and O–H groups in total. The van der Waals surface area contributed by atoms with Gasteiger partial charge in [0.15, 0.2) is 11.5 Å². The number of hydrogen-bond acceptors (Lipinski definition) is 7. The quantitative estimate of drug-likeness (QED) is 0.443. The standard InChI is InChI=1S/C28H22ClN3O6/c29-16-4-7-19-18(11-16)28(27(36)30-19)24-23(20(31-28)9-14-1-5-17(33)6-2-14)25(34)32(26(24)35)12-15-3-8-21-22(10-15)38-13-37-21/h1-8,10-11,20,23-24,31,33H,9,12-13H2,(H,30,36)/t20-,23-,24-,28-/m0/s1. The summed E-state index contributed by atoms with van der Waals surface area (Å²) in [6.45, 7) is 0.169. The molecule has 3 amide bonds. The summed E-state index contributed by atoms with van der Waals surface area (Å²) in [4.78, 5) is 42.8. The molecule has 3 aromatic rings. The SMILES string of the molecule is O=C1[C@H]2[C@H](Cc3ccc(O)cc3)N[C@]3(C(=O)Nc4ccc(Cl)cc43)[C@@H]2C(=O)N1Cc1ccc2c(c1)OCO2. The normalized spacial score (nSPS) is 26.7. The highest BCUT2D eigenvalue weighted by Gasteiger charge is 2.70. The summed E-state index contributed by atoms with van der Waals surface area (Å²) in [6.07, 6.45) is 0.378. The van der Waals surface area contributed by atoms with Crippen LogP contribution in [0.4, 0.5) is 5.69 Å². The van der Waals surface area contributed by atoms with E-state index in [0.717, 1.165) is 5.56 Å². The first-order chi connectivity index (χ1) is 18.3. The highest BCUT2D eigenvalue weighted by atomic mass is 35.5. The molecule has 0 aromatic heterocycles. The van der Waals surface area contributed by atoms with Crippen molar-refractivity contribution in [3.05, 3.63) is 82.4 Å². The zero-order valence-electron chi connectivity index (χ0n) is 19.9. The monoisotopic (exact) mass is 531 g/mol. The molecule has 10 heteroatoms. The molecule has 38 heavy (non-hydrogen) atoms. The smallest absolute Gasteiger partial charge is 0.250 e. The lowest BCUT2D eigenvalue weighted by Gasteiger charge is -2.29. The maximum absolute atomic E-state index is 14.0. The molecule has 1 spiro atoms. The topological polar surface area (TPSA) is 117 Å². The molecule has 4 atom stereocenters. The molecule has 0 saturated carbocycles. The minimum absolute atomic E-state index is 0.0489. The summed E-state index contributed by atoms with van der Waals surface area (Å²) in [5.74, 6) is -1.57. The number of anilines is 1. The van der Waals surface area contributed by atoms with Crippen LogP contribution in [0.3, 0.4) is 0 Å². The zero-order valence-corrected chi connectivity index (χ0v) is 20.7. The number of amides is 3. The Kier molecular flexibility index (Phi) is 4.98. The van der Waals surface area contributed by atoms with Crippen LogP contribution in [-0.4, -0.2) is 40.6 Å². The van der Waals surface area contributed by atoms with E-state index < -0.39 is 29.3 Å². The number of halogens is 1. The Balaban J connectivity index is 1.30. The Morgan fingerprint density at radius 1 is 0.947 bits per heavy atom. The second-order valence-electron chi connectivity index (χ2n) is 10.0. The molecule has 4 aliphatic rings. The van der Waals surface area contributed by atoms with Crippen LogP contribution in [0.1, 0.15) is 16.7 Å². The molecule has 4 heterocycles. The lowest BCUT2D eigenvalue weighted by molar-refractivity contribution is -0.143. The van der Waals surface area contributed by atoms with Gasteiger partial charge < -0.3 is 19.9 Å². The van der Waals surface area contributed by atoms with Crippen molar-refractivity contribution in [1.82, 2.24) is 10.2 Å². The van der Waals surface area contributed by atoms with E-state index in [4.69, 9.17) is 21.1 Å². The average molecular weight is 532 g/mol. The average Bonchev–Trinajstić information content (AvgIpc) is 3.63. The van der Waals surface area contributed by atoms with Crippen LogP contribution in [0.25, 0.3) is 0 Å². The number of ether oxygens (including phenoxy) is 2. The maximum Gasteiger partial charge on any atom is 0.250 e. The van der Waals surface area contributed by atoms with E-state index in [2.05, 4.69) is 10.6 Å². The second-order valence-corrected chi connectivity index (χ2v) is 10.5. The van der Waals surface area contributed by atoms with E-state index in [-0.39, 0.29) is 30.9 Å². The number of aromatic hydroxyl groups is 1. The van der Waals surface area contributed by atoms with Crippen LogP contribution in [0.5, 0.6) is 17.2 Å². The first-order valence-electron chi connectivity index (χ1n) is 12.3. The minimum atomic E-state index is -1.44. The number of fused-ring (bicyclic) bond motifs is 5. The number of benzene rings is 3. The van der Waals surface area contributed by atoms with Crippen molar-refractivity contribution >= 4 is 35.0 Å². The number of hydrogen-bond donors (Lipinski definition) is 3. The van der Waals surface area contributed by atoms with Crippen LogP contribution < -0.4 is 20.1 Å². The number of carbonyl (C=O) groups excluding carboxylic acids is 3. The number of imide groups is 1. The van der Waals surface area contributed by atoms with Gasteiger partial charge in [-0.15, -0.1) is 0 Å². The summed E-state index contributed by atoms with van der Waals surface area (Å²) in [5.41, 5.74) is 1.25. The van der Waals surface area contributed by atoms with Gasteiger partial charge in [-0.1, -0.05) is 29.8 Å². The van der Waals surface area contributed by atoms with E-state index in [1.807, 2.05) is 0 Å². The number of nitrogens with one attached hydrogen (secondary N) is 2. The summed E-state index contributed by atoms with van der Waals surface area (Å²) >= 11 is 6.33. The molecular weight excluding hydrogens is 510 g/mol. The highest BCUT2D eigenvalue weighted by Crippen LogP contribution is 2.54. The Labute approximate surface area is 222 Å². The fraction of sp³-hybridized carbons (Fsp3) is 0.250. The van der Waals surface area contributed by atoms with Crippen molar-refractivity contribution in [2.45, 2.75) is 24.5 Å². The van der Waals surface area contributed by atoms with Crippen molar-refractivity contribution < 1.29 is 29.0 Å². The largest absolute Gasteiger partial charge is 0.508 e. The third-order valence-corrected chi connectivity index (χ3v) is 8.17. The number of carbonyl (C=O) groups is 3. The van der Waals surface area contributed by atoms with E-state index in [0.29, 0.717) is 39.8 Å². The summed E-state index contributed by atoms with van der Waals surface area (Å²) in [7, 11) is 0. The van der Waals surface area contributed by atoms with Gasteiger partial charge in [0.1, 0.15) is 11.3 Å². The molecule has 192 valence electrons. The van der Waals surface area contributed by atoms with Crippen molar-refractivity contribution in [3.8, 4) is 17.2 Å². The molecule has 0 unspecified atom stereocenters. The number of likely N-dealkylation sites (tertiary alicyclic amines) is 1. The highest BCUT2D eigenvalue weighted by molar-refractivity contribution is 6.31. The molecule has 3 aromatic carbocycles. The van der Waals surface area contributed by atoms with Gasteiger partial charge in [0, 0.05) is 22.3 Å². The van der Waals surface area contributed by atoms with E-state index >= 15 is 0 Å². The second kappa shape index (κ2) is 8.21. The number of phenols is 1. The third kappa shape index (κ3) is 3.25. The Hall–Kier alpha value is -4.08. The van der Waals surface area contributed by atoms with E-state index in [1.54, 1.807) is 60.7 Å². The molecule has 0 aliphatic carbocycles. The molecular formula is C28H22ClN3O6. The van der Waals surface area contributed by atoms with E-state index in [9.17, 15) is 19.5 Å². The first-order valence-corrected chi connectivity index (χ1v) is 12.6. The van der Waals surface area contributed by atoms with Gasteiger partial charge in [-0.25, -0.2) is 0 Å². The summed E-state index contributed by atoms with van der Waals surface area (Å²) < 4.78 is 10.8. The van der Waals surface area contributed by atoms with Gasteiger partial charge in [-0.05, 0) is 60.0 Å². The van der Waals surface area contributed by atoms with Gasteiger partial charge in [0.25, 0.3) is 0 Å². The van der Waals surface area contributed by atoms with Crippen molar-refractivity contribution in [2.75, 3.05) is 12.1 Å². The van der Waals surface area contributed by atoms with Gasteiger partial charge in [0.05, 0.1) is 18.4 Å². The van der Waals surface area contributed by atoms with Crippen LogP contribution in [0.15, 0.2) is 60.7 Å². The van der Waals surface area contributed by atoms with Crippen molar-refractivity contribution in [2.24, 2.45) is 11.8 Å². The van der Waals surface area contributed by atoms with Gasteiger partial charge >= 0.3 is 0 Å². The lowest BCUT2D eigenvalue weighted by Crippen LogP contribution is -2.53. The van der Waals surface area contributed by atoms with Crippen LogP contribution in [0.2, 0.25) is 5.02 Å².